The Labute approximate surface area is 128 Å². The number of aromatic nitrogens is 1. The summed E-state index contributed by atoms with van der Waals surface area (Å²) in [6.07, 6.45) is 3.08. The number of carbonyl (C=O) groups excluding carboxylic acids is 1. The molecule has 0 fully saturated rings. The highest BCUT2D eigenvalue weighted by molar-refractivity contribution is 5.93. The van der Waals surface area contributed by atoms with E-state index in [9.17, 15) is 4.79 Å². The van der Waals surface area contributed by atoms with Crippen molar-refractivity contribution in [1.29, 1.82) is 0 Å². The summed E-state index contributed by atoms with van der Waals surface area (Å²) in [5, 5.41) is 3.91. The van der Waals surface area contributed by atoms with Gasteiger partial charge in [-0.15, -0.1) is 0 Å². The molecule has 1 aromatic heterocycles. The van der Waals surface area contributed by atoms with Crippen LogP contribution in [0.4, 0.5) is 0 Å². The first-order valence-corrected chi connectivity index (χ1v) is 6.80. The molecule has 0 aliphatic rings. The summed E-state index contributed by atoms with van der Waals surface area (Å²) in [7, 11) is 1.58. The van der Waals surface area contributed by atoms with Gasteiger partial charge in [-0.1, -0.05) is 6.07 Å². The maximum Gasteiger partial charge on any atom is 0.289 e. The molecule has 0 bridgehead atoms. The van der Waals surface area contributed by atoms with E-state index in [1.807, 2.05) is 13.0 Å². The Hall–Kier alpha value is -2.89. The minimum atomic E-state index is -0.365. The van der Waals surface area contributed by atoms with E-state index in [1.165, 1.54) is 6.21 Å². The van der Waals surface area contributed by atoms with Crippen LogP contribution in [-0.4, -0.2) is 30.8 Å². The quantitative estimate of drug-likeness (QED) is 0.656. The predicted octanol–water partition coefficient (Wildman–Crippen LogP) is 2.25. The Balaban J connectivity index is 2.04. The number of hydrogen-bond donors (Lipinski definition) is 1. The molecule has 1 amide bonds. The van der Waals surface area contributed by atoms with Crippen molar-refractivity contribution in [2.24, 2.45) is 5.10 Å². The molecule has 0 atom stereocenters. The number of rotatable bonds is 6. The van der Waals surface area contributed by atoms with Gasteiger partial charge < -0.3 is 9.47 Å². The lowest BCUT2D eigenvalue weighted by Gasteiger charge is -2.09. The van der Waals surface area contributed by atoms with Gasteiger partial charge in [0.2, 0.25) is 0 Å². The Morgan fingerprint density at radius 3 is 2.86 bits per heavy atom. The summed E-state index contributed by atoms with van der Waals surface area (Å²) in [5.41, 5.74) is 3.52. The van der Waals surface area contributed by atoms with E-state index >= 15 is 0 Å². The third kappa shape index (κ3) is 4.05. The van der Waals surface area contributed by atoms with Gasteiger partial charge in [0.05, 0.1) is 19.9 Å². The number of carbonyl (C=O) groups is 1. The maximum atomic E-state index is 11.8. The van der Waals surface area contributed by atoms with E-state index in [0.29, 0.717) is 23.8 Å². The van der Waals surface area contributed by atoms with Crippen molar-refractivity contribution in [3.8, 4) is 11.5 Å². The number of nitrogens with one attached hydrogen (secondary N) is 1. The molecule has 2 aromatic rings. The van der Waals surface area contributed by atoms with Crippen LogP contribution in [0.3, 0.4) is 0 Å². The van der Waals surface area contributed by atoms with Gasteiger partial charge >= 0.3 is 0 Å². The van der Waals surface area contributed by atoms with E-state index in [1.54, 1.807) is 43.6 Å². The summed E-state index contributed by atoms with van der Waals surface area (Å²) in [4.78, 5) is 15.7. The molecule has 2 rings (SSSR count). The third-order valence-corrected chi connectivity index (χ3v) is 2.76. The summed E-state index contributed by atoms with van der Waals surface area (Å²) in [5.74, 6) is 0.914. The van der Waals surface area contributed by atoms with E-state index in [0.717, 1.165) is 5.56 Å². The highest BCUT2D eigenvalue weighted by atomic mass is 16.5. The molecule has 0 saturated carbocycles. The lowest BCUT2D eigenvalue weighted by atomic mass is 10.2. The molecule has 0 saturated heterocycles. The average Bonchev–Trinajstić information content (AvgIpc) is 2.56. The SMILES string of the molecule is CCOc1cc(/C=N/NC(=O)c2ccccn2)ccc1OC. The van der Waals surface area contributed by atoms with Crippen LogP contribution in [0.5, 0.6) is 11.5 Å². The minimum Gasteiger partial charge on any atom is -0.493 e. The molecule has 1 aromatic carbocycles. The van der Waals surface area contributed by atoms with Crippen LogP contribution in [-0.2, 0) is 0 Å². The molecule has 0 radical (unpaired) electrons. The molecular weight excluding hydrogens is 282 g/mol. The van der Waals surface area contributed by atoms with Crippen molar-refractivity contribution in [2.75, 3.05) is 13.7 Å². The van der Waals surface area contributed by atoms with Gasteiger partial charge in [0.25, 0.3) is 5.91 Å². The average molecular weight is 299 g/mol. The van der Waals surface area contributed by atoms with Gasteiger partial charge in [0, 0.05) is 6.20 Å². The first kappa shape index (κ1) is 15.5. The second kappa shape index (κ2) is 7.78. The van der Waals surface area contributed by atoms with E-state index < -0.39 is 0 Å². The van der Waals surface area contributed by atoms with Gasteiger partial charge in [0.15, 0.2) is 11.5 Å². The fourth-order valence-corrected chi connectivity index (χ4v) is 1.76. The summed E-state index contributed by atoms with van der Waals surface area (Å²) in [6, 6.07) is 10.5. The van der Waals surface area contributed by atoms with Crippen molar-refractivity contribution in [1.82, 2.24) is 10.4 Å². The number of hydrazone groups is 1. The zero-order valence-corrected chi connectivity index (χ0v) is 12.4. The Kier molecular flexibility index (Phi) is 5.48. The molecule has 114 valence electrons. The smallest absolute Gasteiger partial charge is 0.289 e. The van der Waals surface area contributed by atoms with Crippen LogP contribution in [0.1, 0.15) is 23.0 Å². The van der Waals surface area contributed by atoms with Crippen molar-refractivity contribution in [3.63, 3.8) is 0 Å². The van der Waals surface area contributed by atoms with Crippen LogP contribution in [0.25, 0.3) is 0 Å². The predicted molar refractivity (Wildman–Crippen MR) is 83.5 cm³/mol. The zero-order valence-electron chi connectivity index (χ0n) is 12.4. The number of nitrogens with zero attached hydrogens (tertiary/aromatic N) is 2. The van der Waals surface area contributed by atoms with Crippen LogP contribution in [0.2, 0.25) is 0 Å². The van der Waals surface area contributed by atoms with Crippen molar-refractivity contribution in [3.05, 3.63) is 53.9 Å². The Morgan fingerprint density at radius 1 is 1.32 bits per heavy atom. The maximum absolute atomic E-state index is 11.8. The third-order valence-electron chi connectivity index (χ3n) is 2.76. The fraction of sp³-hybridized carbons (Fsp3) is 0.188. The number of hydrogen-bond acceptors (Lipinski definition) is 5. The number of amides is 1. The minimum absolute atomic E-state index is 0.310. The van der Waals surface area contributed by atoms with Crippen LogP contribution < -0.4 is 14.9 Å². The van der Waals surface area contributed by atoms with E-state index in [4.69, 9.17) is 9.47 Å². The van der Waals surface area contributed by atoms with E-state index in [2.05, 4.69) is 15.5 Å². The number of pyridine rings is 1. The second-order valence-corrected chi connectivity index (χ2v) is 4.26. The van der Waals surface area contributed by atoms with Crippen molar-refractivity contribution < 1.29 is 14.3 Å². The second-order valence-electron chi connectivity index (χ2n) is 4.26. The van der Waals surface area contributed by atoms with Crippen LogP contribution >= 0.6 is 0 Å². The molecule has 0 unspecified atom stereocenters. The summed E-state index contributed by atoms with van der Waals surface area (Å²) < 4.78 is 10.7. The first-order chi connectivity index (χ1) is 10.7. The number of ether oxygens (including phenoxy) is 2. The lowest BCUT2D eigenvalue weighted by Crippen LogP contribution is -2.18. The molecule has 6 nitrogen and oxygen atoms in total. The van der Waals surface area contributed by atoms with Gasteiger partial charge in [-0.25, -0.2) is 5.43 Å². The monoisotopic (exact) mass is 299 g/mol. The van der Waals surface area contributed by atoms with Crippen molar-refractivity contribution >= 4 is 12.1 Å². The lowest BCUT2D eigenvalue weighted by molar-refractivity contribution is 0.0950. The molecule has 0 aliphatic heterocycles. The summed E-state index contributed by atoms with van der Waals surface area (Å²) >= 11 is 0. The van der Waals surface area contributed by atoms with Gasteiger partial charge in [-0.05, 0) is 42.8 Å². The number of benzene rings is 1. The molecule has 6 heteroatoms. The van der Waals surface area contributed by atoms with Crippen LogP contribution in [0.15, 0.2) is 47.7 Å². The van der Waals surface area contributed by atoms with Crippen molar-refractivity contribution in [2.45, 2.75) is 6.92 Å². The highest BCUT2D eigenvalue weighted by Gasteiger charge is 2.05. The highest BCUT2D eigenvalue weighted by Crippen LogP contribution is 2.27. The topological polar surface area (TPSA) is 72.8 Å². The summed E-state index contributed by atoms with van der Waals surface area (Å²) in [6.45, 7) is 2.43. The van der Waals surface area contributed by atoms with E-state index in [-0.39, 0.29) is 5.91 Å². The molecule has 1 heterocycles. The van der Waals surface area contributed by atoms with Gasteiger partial charge in [0.1, 0.15) is 5.69 Å². The first-order valence-electron chi connectivity index (χ1n) is 6.80. The molecule has 0 spiro atoms. The molecular formula is C16H17N3O3. The molecule has 22 heavy (non-hydrogen) atoms. The van der Waals surface area contributed by atoms with Gasteiger partial charge in [-0.3, -0.25) is 9.78 Å². The standard InChI is InChI=1S/C16H17N3O3/c1-3-22-15-10-12(7-8-14(15)21-2)11-18-19-16(20)13-6-4-5-9-17-13/h4-11H,3H2,1-2H3,(H,19,20)/b18-11+. The Morgan fingerprint density at radius 2 is 2.18 bits per heavy atom. The normalized spacial score (nSPS) is 10.5. The van der Waals surface area contributed by atoms with Gasteiger partial charge in [-0.2, -0.15) is 5.10 Å². The zero-order chi connectivity index (χ0) is 15.8. The number of methoxy groups -OCH3 is 1. The molecule has 1 N–H and O–H groups in total. The largest absolute Gasteiger partial charge is 0.493 e. The molecule has 0 aliphatic carbocycles. The van der Waals surface area contributed by atoms with Crippen LogP contribution in [0, 0.1) is 0 Å². The fourth-order valence-electron chi connectivity index (χ4n) is 1.76. The Bertz CT molecular complexity index is 657.